The summed E-state index contributed by atoms with van der Waals surface area (Å²) < 4.78 is 5.86. The summed E-state index contributed by atoms with van der Waals surface area (Å²) in [5.41, 5.74) is 3.31. The Balaban J connectivity index is 1.61. The van der Waals surface area contributed by atoms with Crippen LogP contribution in [0.1, 0.15) is 5.56 Å². The Morgan fingerprint density at radius 3 is 2.79 bits per heavy atom. The minimum Gasteiger partial charge on any atom is -0.408 e. The highest BCUT2D eigenvalue weighted by Crippen LogP contribution is 2.25. The predicted octanol–water partition coefficient (Wildman–Crippen LogP) is 3.82. The van der Waals surface area contributed by atoms with Crippen molar-refractivity contribution < 1.29 is 9.21 Å². The van der Waals surface area contributed by atoms with Gasteiger partial charge >= 0.3 is 5.76 Å². The molecule has 1 amide bonds. The maximum Gasteiger partial charge on any atom is 0.417 e. The van der Waals surface area contributed by atoms with Gasteiger partial charge in [-0.25, -0.2) is 4.79 Å². The summed E-state index contributed by atoms with van der Waals surface area (Å²) in [5, 5.41) is 19.0. The third-order valence-corrected chi connectivity index (χ3v) is 4.67. The van der Waals surface area contributed by atoms with Crippen LogP contribution in [0.15, 0.2) is 67.9 Å². The number of aromatic amines is 2. The number of aromatic nitrogens is 3. The summed E-state index contributed by atoms with van der Waals surface area (Å²) >= 11 is 3.39. The number of halogens is 1. The van der Waals surface area contributed by atoms with E-state index in [9.17, 15) is 14.9 Å². The van der Waals surface area contributed by atoms with Crippen LogP contribution in [-0.4, -0.2) is 21.1 Å². The van der Waals surface area contributed by atoms with Gasteiger partial charge in [-0.3, -0.25) is 14.9 Å². The molecule has 0 unspecified atom stereocenters. The fourth-order valence-electron chi connectivity index (χ4n) is 2.78. The molecule has 0 aliphatic carbocycles. The van der Waals surface area contributed by atoms with E-state index < -0.39 is 11.7 Å². The molecule has 4 aromatic rings. The summed E-state index contributed by atoms with van der Waals surface area (Å²) in [6, 6.07) is 14.2. The average molecular weight is 450 g/mol. The van der Waals surface area contributed by atoms with Crippen LogP contribution in [0.5, 0.6) is 0 Å². The van der Waals surface area contributed by atoms with Gasteiger partial charge in [0.1, 0.15) is 11.6 Å². The lowest BCUT2D eigenvalue weighted by Gasteiger charge is -2.05. The van der Waals surface area contributed by atoms with E-state index in [1.807, 2.05) is 30.3 Å². The van der Waals surface area contributed by atoms with Gasteiger partial charge in [0.15, 0.2) is 5.58 Å². The number of anilines is 1. The van der Waals surface area contributed by atoms with Crippen LogP contribution in [-0.2, 0) is 4.79 Å². The quantitative estimate of drug-likeness (QED) is 0.322. The van der Waals surface area contributed by atoms with E-state index in [0.29, 0.717) is 28.0 Å². The Bertz CT molecular complexity index is 1340. The second kappa shape index (κ2) is 7.61. The summed E-state index contributed by atoms with van der Waals surface area (Å²) in [4.78, 5) is 26.3. The fourth-order valence-corrected chi connectivity index (χ4v) is 3.05. The van der Waals surface area contributed by atoms with Gasteiger partial charge in [0.25, 0.3) is 5.91 Å². The smallest absolute Gasteiger partial charge is 0.408 e. The lowest BCUT2D eigenvalue weighted by molar-refractivity contribution is -0.112. The van der Waals surface area contributed by atoms with Crippen molar-refractivity contribution in [3.8, 4) is 17.3 Å². The molecule has 0 atom stereocenters. The summed E-state index contributed by atoms with van der Waals surface area (Å²) in [6.07, 6.45) is 3.01. The fraction of sp³-hybridized carbons (Fsp3) is 0. The van der Waals surface area contributed by atoms with Gasteiger partial charge < -0.3 is 9.73 Å². The SMILES string of the molecule is N#C/C(=C\c1cn[nH]c1-c1ccc(Br)cc1)C(=O)Nc1ccc2oc(=O)[nH]c2c1. The first-order valence-corrected chi connectivity index (χ1v) is 9.18. The molecule has 0 aliphatic heterocycles. The lowest BCUT2D eigenvalue weighted by atomic mass is 10.1. The van der Waals surface area contributed by atoms with E-state index in [-0.39, 0.29) is 5.57 Å². The van der Waals surface area contributed by atoms with Gasteiger partial charge in [0.05, 0.1) is 17.4 Å². The summed E-state index contributed by atoms with van der Waals surface area (Å²) in [5.74, 6) is -1.16. The number of hydrogen-bond acceptors (Lipinski definition) is 5. The molecule has 0 radical (unpaired) electrons. The third kappa shape index (κ3) is 3.88. The topological polar surface area (TPSA) is 128 Å². The van der Waals surface area contributed by atoms with E-state index in [0.717, 1.165) is 10.0 Å². The highest BCUT2D eigenvalue weighted by atomic mass is 79.9. The second-order valence-electron chi connectivity index (χ2n) is 6.06. The highest BCUT2D eigenvalue weighted by Gasteiger charge is 2.13. The van der Waals surface area contributed by atoms with Gasteiger partial charge in [0.2, 0.25) is 0 Å². The van der Waals surface area contributed by atoms with Gasteiger partial charge in [-0.1, -0.05) is 28.1 Å². The molecular weight excluding hydrogens is 438 g/mol. The monoisotopic (exact) mass is 449 g/mol. The molecule has 0 spiro atoms. The standard InChI is InChI=1S/C20H12BrN5O3/c21-14-3-1-11(2-4-14)18-13(10-23-26-18)7-12(9-22)19(27)24-15-5-6-17-16(8-15)25-20(28)29-17/h1-8,10H,(H,23,26)(H,24,27)(H,25,28)/b12-7+. The molecule has 9 heteroatoms. The van der Waals surface area contributed by atoms with Crippen molar-refractivity contribution in [2.45, 2.75) is 0 Å². The average Bonchev–Trinajstić information content (AvgIpc) is 3.31. The molecule has 8 nitrogen and oxygen atoms in total. The van der Waals surface area contributed by atoms with Crippen molar-refractivity contribution in [3.05, 3.63) is 74.8 Å². The second-order valence-corrected chi connectivity index (χ2v) is 6.97. The first-order chi connectivity index (χ1) is 14.0. The van der Waals surface area contributed by atoms with Crippen LogP contribution in [0.3, 0.4) is 0 Å². The molecule has 2 aromatic heterocycles. The molecule has 0 saturated heterocycles. The van der Waals surface area contributed by atoms with Crippen molar-refractivity contribution in [1.29, 1.82) is 5.26 Å². The molecule has 2 aromatic carbocycles. The molecule has 4 rings (SSSR count). The Labute approximate surface area is 172 Å². The molecule has 0 aliphatic rings. The molecule has 0 saturated carbocycles. The Morgan fingerprint density at radius 1 is 1.24 bits per heavy atom. The van der Waals surface area contributed by atoms with E-state index in [1.165, 1.54) is 6.08 Å². The van der Waals surface area contributed by atoms with Crippen molar-refractivity contribution in [2.24, 2.45) is 0 Å². The van der Waals surface area contributed by atoms with Crippen molar-refractivity contribution in [2.75, 3.05) is 5.32 Å². The number of fused-ring (bicyclic) bond motifs is 1. The summed E-state index contributed by atoms with van der Waals surface area (Å²) in [7, 11) is 0. The van der Waals surface area contributed by atoms with Crippen LogP contribution in [0, 0.1) is 11.3 Å². The maximum absolute atomic E-state index is 12.6. The Kier molecular flexibility index (Phi) is 4.85. The number of benzene rings is 2. The Morgan fingerprint density at radius 2 is 2.03 bits per heavy atom. The van der Waals surface area contributed by atoms with E-state index >= 15 is 0 Å². The third-order valence-electron chi connectivity index (χ3n) is 4.14. The highest BCUT2D eigenvalue weighted by molar-refractivity contribution is 9.10. The number of amides is 1. The van der Waals surface area contributed by atoms with E-state index in [2.05, 4.69) is 36.4 Å². The van der Waals surface area contributed by atoms with Crippen molar-refractivity contribution in [3.63, 3.8) is 0 Å². The summed E-state index contributed by atoms with van der Waals surface area (Å²) in [6.45, 7) is 0. The number of carbonyl (C=O) groups is 1. The molecule has 29 heavy (non-hydrogen) atoms. The number of carbonyl (C=O) groups excluding carboxylic acids is 1. The number of rotatable bonds is 4. The first-order valence-electron chi connectivity index (χ1n) is 8.39. The minimum atomic E-state index is -0.583. The van der Waals surface area contributed by atoms with E-state index in [4.69, 9.17) is 4.42 Å². The van der Waals surface area contributed by atoms with Gasteiger partial charge in [-0.15, -0.1) is 0 Å². The number of H-pyrrole nitrogens is 2. The molecule has 142 valence electrons. The predicted molar refractivity (Wildman–Crippen MR) is 111 cm³/mol. The zero-order chi connectivity index (χ0) is 20.4. The number of hydrogen-bond donors (Lipinski definition) is 3. The zero-order valence-corrected chi connectivity index (χ0v) is 16.3. The molecule has 0 fully saturated rings. The molecular formula is C20H12BrN5O3. The number of nitrogens with one attached hydrogen (secondary N) is 3. The van der Waals surface area contributed by atoms with Gasteiger partial charge in [0, 0.05) is 21.3 Å². The number of nitriles is 1. The molecule has 3 N–H and O–H groups in total. The zero-order valence-electron chi connectivity index (χ0n) is 14.7. The Hall–Kier alpha value is -3.90. The van der Waals surface area contributed by atoms with Crippen molar-refractivity contribution >= 4 is 44.7 Å². The van der Waals surface area contributed by atoms with Crippen LogP contribution in [0.2, 0.25) is 0 Å². The lowest BCUT2D eigenvalue weighted by Crippen LogP contribution is -2.13. The largest absolute Gasteiger partial charge is 0.417 e. The number of nitrogens with zero attached hydrogens (tertiary/aromatic N) is 2. The van der Waals surface area contributed by atoms with Crippen LogP contribution < -0.4 is 11.1 Å². The van der Waals surface area contributed by atoms with Crippen LogP contribution in [0.4, 0.5) is 5.69 Å². The van der Waals surface area contributed by atoms with Gasteiger partial charge in [-0.2, -0.15) is 10.4 Å². The van der Waals surface area contributed by atoms with Crippen LogP contribution >= 0.6 is 15.9 Å². The van der Waals surface area contributed by atoms with Crippen LogP contribution in [0.25, 0.3) is 28.4 Å². The normalized spacial score (nSPS) is 11.4. The van der Waals surface area contributed by atoms with Gasteiger partial charge in [-0.05, 0) is 36.4 Å². The number of oxazole rings is 1. The maximum atomic E-state index is 12.6. The minimum absolute atomic E-state index is 0.0921. The van der Waals surface area contributed by atoms with E-state index in [1.54, 1.807) is 24.4 Å². The molecule has 2 heterocycles. The first kappa shape index (κ1) is 18.5. The molecule has 0 bridgehead atoms. The van der Waals surface area contributed by atoms with Crippen molar-refractivity contribution in [1.82, 2.24) is 15.2 Å².